The van der Waals surface area contributed by atoms with Gasteiger partial charge >= 0.3 is 0 Å². The first kappa shape index (κ1) is 23.9. The molecule has 1 amide bonds. The van der Waals surface area contributed by atoms with Gasteiger partial charge in [-0.2, -0.15) is 5.26 Å². The number of para-hydroxylation sites is 1. The summed E-state index contributed by atoms with van der Waals surface area (Å²) in [7, 11) is -1.79. The standard InChI is InChI=1S/C26H25N3O6S/c1-29-22-19(3-2-4-20(22)35-15-26(11-12-26)36(33,34)18-9-10-18)23(30)21(25(29)32)24(31)28-14-17-7-5-16(13-27)6-8-17/h2-8,18,30H,9-12,14-15H2,1H3,(H,28,31). The van der Waals surface area contributed by atoms with Crippen LogP contribution >= 0.6 is 0 Å². The first-order chi connectivity index (χ1) is 17.2. The van der Waals surface area contributed by atoms with Crippen LogP contribution in [0.3, 0.4) is 0 Å². The van der Waals surface area contributed by atoms with Crippen molar-refractivity contribution in [1.82, 2.24) is 9.88 Å². The fourth-order valence-corrected chi connectivity index (χ4v) is 6.80. The number of hydrogen-bond acceptors (Lipinski definition) is 7. The zero-order chi connectivity index (χ0) is 25.7. The SMILES string of the molecule is Cn1c(=O)c(C(=O)NCc2ccc(C#N)cc2)c(O)c2cccc(OCC3(S(=O)(=O)C4CC4)CC3)c21. The number of sulfone groups is 1. The third-order valence-electron chi connectivity index (χ3n) is 6.97. The van der Waals surface area contributed by atoms with Gasteiger partial charge in [0.15, 0.2) is 9.84 Å². The minimum absolute atomic E-state index is 0.0211. The lowest BCUT2D eigenvalue weighted by atomic mass is 10.1. The van der Waals surface area contributed by atoms with Gasteiger partial charge < -0.3 is 19.7 Å². The van der Waals surface area contributed by atoms with Crippen molar-refractivity contribution in [2.45, 2.75) is 42.2 Å². The number of rotatable bonds is 8. The first-order valence-electron chi connectivity index (χ1n) is 11.7. The van der Waals surface area contributed by atoms with E-state index in [4.69, 9.17) is 10.00 Å². The van der Waals surface area contributed by atoms with Gasteiger partial charge in [-0.05, 0) is 55.5 Å². The molecular weight excluding hydrogens is 482 g/mol. The molecule has 0 saturated heterocycles. The van der Waals surface area contributed by atoms with E-state index in [-0.39, 0.29) is 35.1 Å². The van der Waals surface area contributed by atoms with E-state index >= 15 is 0 Å². The van der Waals surface area contributed by atoms with Gasteiger partial charge in [0.1, 0.15) is 28.4 Å². The van der Waals surface area contributed by atoms with E-state index in [1.54, 1.807) is 42.5 Å². The lowest BCUT2D eigenvalue weighted by molar-refractivity contribution is 0.0946. The summed E-state index contributed by atoms with van der Waals surface area (Å²) < 4.78 is 31.9. The van der Waals surface area contributed by atoms with Crippen LogP contribution in [0.15, 0.2) is 47.3 Å². The van der Waals surface area contributed by atoms with E-state index < -0.39 is 37.4 Å². The third kappa shape index (κ3) is 3.99. The van der Waals surface area contributed by atoms with Crippen molar-refractivity contribution in [2.24, 2.45) is 7.05 Å². The second-order valence-electron chi connectivity index (χ2n) is 9.45. The number of aryl methyl sites for hydroxylation is 1. The molecule has 0 spiro atoms. The molecule has 2 saturated carbocycles. The number of pyridine rings is 1. The molecule has 10 heteroatoms. The molecule has 36 heavy (non-hydrogen) atoms. The zero-order valence-electron chi connectivity index (χ0n) is 19.7. The molecule has 1 aromatic heterocycles. The summed E-state index contributed by atoms with van der Waals surface area (Å²) in [5.41, 5.74) is 0.390. The maximum Gasteiger partial charge on any atom is 0.267 e. The monoisotopic (exact) mass is 507 g/mol. The van der Waals surface area contributed by atoms with E-state index in [2.05, 4.69) is 5.32 Å². The summed E-state index contributed by atoms with van der Waals surface area (Å²) in [6, 6.07) is 13.5. The van der Waals surface area contributed by atoms with Crippen LogP contribution in [0.4, 0.5) is 0 Å². The number of carbonyl (C=O) groups is 1. The van der Waals surface area contributed by atoms with Crippen LogP contribution in [0.1, 0.15) is 47.2 Å². The number of nitriles is 1. The van der Waals surface area contributed by atoms with Crippen LogP contribution in [0.2, 0.25) is 0 Å². The predicted octanol–water partition coefficient (Wildman–Crippen LogP) is 2.53. The van der Waals surface area contributed by atoms with Crippen LogP contribution in [0.25, 0.3) is 10.9 Å². The molecule has 0 unspecified atom stereocenters. The predicted molar refractivity (Wildman–Crippen MR) is 133 cm³/mol. The fraction of sp³-hybridized carbons (Fsp3) is 0.346. The van der Waals surface area contributed by atoms with Gasteiger partial charge in [-0.1, -0.05) is 18.2 Å². The van der Waals surface area contributed by atoms with Gasteiger partial charge in [0.25, 0.3) is 11.5 Å². The molecule has 0 aliphatic heterocycles. The molecule has 3 aromatic rings. The Morgan fingerprint density at radius 2 is 1.92 bits per heavy atom. The molecule has 5 rings (SSSR count). The number of fused-ring (bicyclic) bond motifs is 1. The smallest absolute Gasteiger partial charge is 0.267 e. The number of nitrogens with one attached hydrogen (secondary N) is 1. The molecule has 0 radical (unpaired) electrons. The highest BCUT2D eigenvalue weighted by molar-refractivity contribution is 7.94. The number of nitrogens with zero attached hydrogens (tertiary/aromatic N) is 2. The molecule has 1 heterocycles. The van der Waals surface area contributed by atoms with Crippen molar-refractivity contribution >= 4 is 26.6 Å². The van der Waals surface area contributed by atoms with Crippen molar-refractivity contribution in [3.8, 4) is 17.6 Å². The Bertz CT molecular complexity index is 1580. The summed E-state index contributed by atoms with van der Waals surface area (Å²) in [5, 5.41) is 22.4. The highest BCUT2D eigenvalue weighted by Crippen LogP contribution is 2.50. The van der Waals surface area contributed by atoms with Crippen LogP contribution < -0.4 is 15.6 Å². The largest absolute Gasteiger partial charge is 0.506 e. The number of aromatic nitrogens is 1. The fourth-order valence-electron chi connectivity index (χ4n) is 4.45. The molecule has 2 aliphatic rings. The van der Waals surface area contributed by atoms with Crippen molar-refractivity contribution in [2.75, 3.05) is 6.61 Å². The first-order valence-corrected chi connectivity index (χ1v) is 13.2. The van der Waals surface area contributed by atoms with E-state index in [1.807, 2.05) is 6.07 Å². The Morgan fingerprint density at radius 3 is 2.53 bits per heavy atom. The van der Waals surface area contributed by atoms with Crippen LogP contribution in [-0.2, 0) is 23.4 Å². The average molecular weight is 508 g/mol. The maximum absolute atomic E-state index is 13.1. The van der Waals surface area contributed by atoms with Gasteiger partial charge in [0.2, 0.25) is 0 Å². The number of carbonyl (C=O) groups excluding carboxylic acids is 1. The summed E-state index contributed by atoms with van der Waals surface area (Å²) in [6.07, 6.45) is 2.47. The lowest BCUT2D eigenvalue weighted by Gasteiger charge is -2.19. The van der Waals surface area contributed by atoms with Crippen molar-refractivity contribution < 1.29 is 23.1 Å². The summed E-state index contributed by atoms with van der Waals surface area (Å²) in [5.74, 6) is -0.940. The molecule has 9 nitrogen and oxygen atoms in total. The van der Waals surface area contributed by atoms with Gasteiger partial charge in [-0.25, -0.2) is 8.42 Å². The van der Waals surface area contributed by atoms with Gasteiger partial charge in [-0.3, -0.25) is 9.59 Å². The number of hydrogen-bond donors (Lipinski definition) is 2. The lowest BCUT2D eigenvalue weighted by Crippen LogP contribution is -2.34. The Labute approximate surface area is 207 Å². The van der Waals surface area contributed by atoms with Gasteiger partial charge in [-0.15, -0.1) is 0 Å². The normalized spacial score (nSPS) is 16.3. The Hall–Kier alpha value is -3.84. The average Bonchev–Trinajstić information content (AvgIpc) is 3.79. The van der Waals surface area contributed by atoms with Crippen LogP contribution in [-0.4, -0.2) is 40.6 Å². The number of amides is 1. The third-order valence-corrected chi connectivity index (χ3v) is 10.1. The zero-order valence-corrected chi connectivity index (χ0v) is 20.5. The maximum atomic E-state index is 13.1. The molecular formula is C26H25N3O6S. The minimum atomic E-state index is -3.27. The Morgan fingerprint density at radius 1 is 1.22 bits per heavy atom. The number of benzene rings is 2. The summed E-state index contributed by atoms with van der Waals surface area (Å²) in [4.78, 5) is 26.0. The van der Waals surface area contributed by atoms with Crippen LogP contribution in [0, 0.1) is 11.3 Å². The topological polar surface area (TPSA) is 138 Å². The second-order valence-corrected chi connectivity index (χ2v) is 12.1. The molecule has 2 aromatic carbocycles. The van der Waals surface area contributed by atoms with Crippen molar-refractivity contribution in [3.05, 3.63) is 69.5 Å². The highest BCUT2D eigenvalue weighted by Gasteiger charge is 2.60. The molecule has 0 bridgehead atoms. The van der Waals surface area contributed by atoms with Gasteiger partial charge in [0, 0.05) is 19.0 Å². The van der Waals surface area contributed by atoms with E-state index in [0.717, 1.165) is 5.56 Å². The molecule has 186 valence electrons. The quantitative estimate of drug-likeness (QED) is 0.478. The van der Waals surface area contributed by atoms with E-state index in [1.165, 1.54) is 11.6 Å². The van der Waals surface area contributed by atoms with Crippen molar-refractivity contribution in [3.63, 3.8) is 0 Å². The minimum Gasteiger partial charge on any atom is -0.506 e. The second kappa shape index (κ2) is 8.68. The van der Waals surface area contributed by atoms with E-state index in [9.17, 15) is 23.1 Å². The molecule has 2 aliphatic carbocycles. The number of ether oxygens (including phenoxy) is 1. The molecule has 2 fully saturated rings. The van der Waals surface area contributed by atoms with Crippen LogP contribution in [0.5, 0.6) is 11.5 Å². The van der Waals surface area contributed by atoms with Gasteiger partial charge in [0.05, 0.1) is 22.4 Å². The summed E-state index contributed by atoms with van der Waals surface area (Å²) in [6.45, 7) is 0.0819. The Balaban J connectivity index is 1.42. The van der Waals surface area contributed by atoms with Crippen molar-refractivity contribution in [1.29, 1.82) is 5.26 Å². The summed E-state index contributed by atoms with van der Waals surface area (Å²) >= 11 is 0. The molecule has 2 N–H and O–H groups in total. The van der Waals surface area contributed by atoms with E-state index in [0.29, 0.717) is 31.2 Å². The number of aromatic hydroxyl groups is 1. The molecule has 0 atom stereocenters. The highest BCUT2D eigenvalue weighted by atomic mass is 32.2. The Kier molecular flexibility index (Phi) is 5.75.